The molecule has 0 aromatic heterocycles. The summed E-state index contributed by atoms with van der Waals surface area (Å²) in [5, 5.41) is 11.6. The molecule has 1 amide bonds. The van der Waals surface area contributed by atoms with Gasteiger partial charge in [0.1, 0.15) is 23.3 Å². The van der Waals surface area contributed by atoms with Gasteiger partial charge in [-0.05, 0) is 54.3 Å². The average molecular weight is 458 g/mol. The molecule has 9 heteroatoms. The molecule has 0 saturated carbocycles. The van der Waals surface area contributed by atoms with Crippen molar-refractivity contribution in [1.29, 1.82) is 0 Å². The Hall–Kier alpha value is -3.46. The number of fused-ring (bicyclic) bond motifs is 1. The van der Waals surface area contributed by atoms with E-state index in [1.165, 1.54) is 17.8 Å². The van der Waals surface area contributed by atoms with Gasteiger partial charge < -0.3 is 24.6 Å². The standard InChI is InChI=1S/C23H23NO7S/c1-29-15-5-3-14(4-6-15)11-20-22(26)17-8-7-16(12-19(17)31-20)30-13-21(25)24-18(23(27)28)9-10-32-2/h3-8,11-12,18H,9-10,13H2,1-2H3,(H,24,25)(H,27,28)/b20-11-/t18-/m0/s1. The van der Waals surface area contributed by atoms with E-state index in [9.17, 15) is 19.5 Å². The molecule has 1 heterocycles. The summed E-state index contributed by atoms with van der Waals surface area (Å²) in [6.07, 6.45) is 3.82. The summed E-state index contributed by atoms with van der Waals surface area (Å²) in [6.45, 7) is -0.357. The minimum Gasteiger partial charge on any atom is -0.497 e. The Balaban J connectivity index is 1.62. The van der Waals surface area contributed by atoms with Crippen LogP contribution >= 0.6 is 11.8 Å². The number of carbonyl (C=O) groups excluding carboxylic acids is 2. The number of hydrogen-bond acceptors (Lipinski definition) is 7. The van der Waals surface area contributed by atoms with E-state index in [4.69, 9.17) is 14.2 Å². The number of carboxylic acid groups (broad SMARTS) is 1. The number of thioether (sulfide) groups is 1. The van der Waals surface area contributed by atoms with Gasteiger partial charge in [-0.1, -0.05) is 12.1 Å². The van der Waals surface area contributed by atoms with Crippen molar-refractivity contribution in [2.75, 3.05) is 25.7 Å². The van der Waals surface area contributed by atoms with Crippen LogP contribution in [0.1, 0.15) is 22.3 Å². The second-order valence-corrected chi connectivity index (χ2v) is 7.88. The number of Topliss-reactive ketones (excluding diaryl/α,β-unsaturated/α-hetero) is 1. The Morgan fingerprint density at radius 1 is 1.19 bits per heavy atom. The van der Waals surface area contributed by atoms with Crippen LogP contribution in [0.15, 0.2) is 48.2 Å². The Labute approximate surface area is 189 Å². The lowest BCUT2D eigenvalue weighted by atomic mass is 10.1. The van der Waals surface area contributed by atoms with Crippen LogP contribution in [0.3, 0.4) is 0 Å². The van der Waals surface area contributed by atoms with Crippen molar-refractivity contribution < 1.29 is 33.7 Å². The summed E-state index contributed by atoms with van der Waals surface area (Å²) in [6, 6.07) is 10.9. The fourth-order valence-corrected chi connectivity index (χ4v) is 3.46. The summed E-state index contributed by atoms with van der Waals surface area (Å²) in [5.74, 6) is 0.268. The fraction of sp³-hybridized carbons (Fsp3) is 0.261. The first-order chi connectivity index (χ1) is 15.4. The van der Waals surface area contributed by atoms with Gasteiger partial charge in [-0.3, -0.25) is 9.59 Å². The average Bonchev–Trinajstić information content (AvgIpc) is 3.10. The zero-order valence-corrected chi connectivity index (χ0v) is 18.4. The molecule has 8 nitrogen and oxygen atoms in total. The van der Waals surface area contributed by atoms with Gasteiger partial charge in [-0.2, -0.15) is 11.8 Å². The number of benzene rings is 2. The molecule has 0 fully saturated rings. The summed E-state index contributed by atoms with van der Waals surface area (Å²) in [4.78, 5) is 35.9. The summed E-state index contributed by atoms with van der Waals surface area (Å²) >= 11 is 1.50. The summed E-state index contributed by atoms with van der Waals surface area (Å²) < 4.78 is 16.3. The second kappa shape index (κ2) is 10.7. The highest BCUT2D eigenvalue weighted by atomic mass is 32.2. The first-order valence-electron chi connectivity index (χ1n) is 9.77. The number of hydrogen-bond donors (Lipinski definition) is 2. The normalized spacial score (nSPS) is 14.4. The first kappa shape index (κ1) is 23.2. The highest BCUT2D eigenvalue weighted by molar-refractivity contribution is 7.98. The maximum Gasteiger partial charge on any atom is 0.326 e. The van der Waals surface area contributed by atoms with E-state index in [0.29, 0.717) is 35.0 Å². The summed E-state index contributed by atoms with van der Waals surface area (Å²) in [5.41, 5.74) is 1.18. The molecule has 0 aliphatic carbocycles. The molecule has 2 aromatic rings. The molecule has 1 aliphatic heterocycles. The van der Waals surface area contributed by atoms with E-state index < -0.39 is 17.9 Å². The van der Waals surface area contributed by atoms with Gasteiger partial charge in [0.2, 0.25) is 5.78 Å². The van der Waals surface area contributed by atoms with Crippen LogP contribution in [0.2, 0.25) is 0 Å². The molecule has 3 rings (SSSR count). The third-order valence-corrected chi connectivity index (χ3v) is 5.31. The molecule has 0 saturated heterocycles. The van der Waals surface area contributed by atoms with E-state index in [1.54, 1.807) is 37.5 Å². The Bertz CT molecular complexity index is 1030. The van der Waals surface area contributed by atoms with E-state index in [2.05, 4.69) is 5.32 Å². The number of methoxy groups -OCH3 is 1. The van der Waals surface area contributed by atoms with Crippen molar-refractivity contribution in [1.82, 2.24) is 5.32 Å². The number of allylic oxidation sites excluding steroid dienone is 1. The quantitative estimate of drug-likeness (QED) is 0.524. The van der Waals surface area contributed by atoms with E-state index in [0.717, 1.165) is 5.56 Å². The number of rotatable bonds is 10. The number of carbonyl (C=O) groups is 3. The minimum absolute atomic E-state index is 0.179. The van der Waals surface area contributed by atoms with Crippen molar-refractivity contribution in [2.45, 2.75) is 12.5 Å². The minimum atomic E-state index is -1.09. The lowest BCUT2D eigenvalue weighted by molar-refractivity contribution is -0.142. The zero-order valence-electron chi connectivity index (χ0n) is 17.6. The van der Waals surface area contributed by atoms with Gasteiger partial charge in [0, 0.05) is 6.07 Å². The Kier molecular flexibility index (Phi) is 7.77. The monoisotopic (exact) mass is 457 g/mol. The van der Waals surface area contributed by atoms with Crippen molar-refractivity contribution in [3.05, 3.63) is 59.4 Å². The largest absolute Gasteiger partial charge is 0.497 e. The van der Waals surface area contributed by atoms with Crippen LogP contribution in [-0.2, 0) is 9.59 Å². The van der Waals surface area contributed by atoms with E-state index >= 15 is 0 Å². The number of amides is 1. The zero-order chi connectivity index (χ0) is 23.1. The number of aliphatic carboxylic acids is 1. The fourth-order valence-electron chi connectivity index (χ4n) is 2.99. The van der Waals surface area contributed by atoms with Crippen molar-refractivity contribution in [3.8, 4) is 17.2 Å². The molecule has 1 atom stereocenters. The summed E-state index contributed by atoms with van der Waals surface area (Å²) in [7, 11) is 1.58. The molecule has 32 heavy (non-hydrogen) atoms. The molecule has 0 spiro atoms. The molecule has 2 N–H and O–H groups in total. The third-order valence-electron chi connectivity index (χ3n) is 4.67. The number of nitrogens with one attached hydrogen (secondary N) is 1. The predicted octanol–water partition coefficient (Wildman–Crippen LogP) is 3.01. The molecule has 0 unspecified atom stereocenters. The van der Waals surface area contributed by atoms with Gasteiger partial charge in [0.05, 0.1) is 12.7 Å². The van der Waals surface area contributed by atoms with E-state index in [-0.39, 0.29) is 18.1 Å². The van der Waals surface area contributed by atoms with Crippen LogP contribution < -0.4 is 19.5 Å². The van der Waals surface area contributed by atoms with Gasteiger partial charge in [-0.25, -0.2) is 4.79 Å². The lowest BCUT2D eigenvalue weighted by Gasteiger charge is -2.14. The topological polar surface area (TPSA) is 111 Å². The van der Waals surface area contributed by atoms with Crippen molar-refractivity contribution >= 4 is 35.5 Å². The molecule has 1 aliphatic rings. The Morgan fingerprint density at radius 3 is 2.56 bits per heavy atom. The SMILES string of the molecule is COc1ccc(/C=C2\Oc3cc(OCC(=O)N[C@@H](CCSC)C(=O)O)ccc3C2=O)cc1. The lowest BCUT2D eigenvalue weighted by Crippen LogP contribution is -2.43. The predicted molar refractivity (Wildman–Crippen MR) is 120 cm³/mol. The second-order valence-electron chi connectivity index (χ2n) is 6.90. The Morgan fingerprint density at radius 2 is 1.91 bits per heavy atom. The number of ether oxygens (including phenoxy) is 3. The molecule has 2 aromatic carbocycles. The van der Waals surface area contributed by atoms with Gasteiger partial charge in [-0.15, -0.1) is 0 Å². The van der Waals surface area contributed by atoms with E-state index in [1.807, 2.05) is 18.4 Å². The molecule has 0 bridgehead atoms. The van der Waals surface area contributed by atoms with Gasteiger partial charge in [0.15, 0.2) is 12.4 Å². The number of carboxylic acids is 1. The molecule has 0 radical (unpaired) electrons. The first-order valence-corrected chi connectivity index (χ1v) is 11.2. The molecule has 168 valence electrons. The smallest absolute Gasteiger partial charge is 0.326 e. The molecular formula is C23H23NO7S. The van der Waals surface area contributed by atoms with Crippen LogP contribution in [-0.4, -0.2) is 54.5 Å². The van der Waals surface area contributed by atoms with Crippen molar-refractivity contribution in [3.63, 3.8) is 0 Å². The number of ketones is 1. The van der Waals surface area contributed by atoms with Crippen molar-refractivity contribution in [2.24, 2.45) is 0 Å². The maximum atomic E-state index is 12.6. The highest BCUT2D eigenvalue weighted by Crippen LogP contribution is 2.35. The maximum absolute atomic E-state index is 12.6. The van der Waals surface area contributed by atoms with Gasteiger partial charge in [0.25, 0.3) is 5.91 Å². The van der Waals surface area contributed by atoms with Crippen LogP contribution in [0.5, 0.6) is 17.2 Å². The van der Waals surface area contributed by atoms with Crippen LogP contribution in [0.4, 0.5) is 0 Å². The van der Waals surface area contributed by atoms with Gasteiger partial charge >= 0.3 is 5.97 Å². The van der Waals surface area contributed by atoms with Crippen LogP contribution in [0, 0.1) is 0 Å². The molecular weight excluding hydrogens is 434 g/mol. The highest BCUT2D eigenvalue weighted by Gasteiger charge is 2.28. The third kappa shape index (κ3) is 5.82. The van der Waals surface area contributed by atoms with Crippen LogP contribution in [0.25, 0.3) is 6.08 Å².